The maximum Gasteiger partial charge on any atom is -0.0140 e. The Morgan fingerprint density at radius 3 is 1.00 bits per heavy atom. The van der Waals surface area contributed by atoms with E-state index in [1.807, 2.05) is 26.0 Å². The molecule has 0 unspecified atom stereocenters. The number of hydrogen-bond acceptors (Lipinski definition) is 3. The SMILES string of the molecule is CN(C)C.I.NN. The molecule has 0 radical (unpaired) electrons. The van der Waals surface area contributed by atoms with Gasteiger partial charge in [-0.05, 0) is 21.1 Å². The van der Waals surface area contributed by atoms with Crippen LogP contribution in [-0.2, 0) is 0 Å². The molecule has 0 fully saturated rings. The van der Waals surface area contributed by atoms with Crippen molar-refractivity contribution in [2.45, 2.75) is 0 Å². The van der Waals surface area contributed by atoms with Crippen LogP contribution in [0.5, 0.6) is 0 Å². The number of hydrazine groups is 1. The third kappa shape index (κ3) is 378. The van der Waals surface area contributed by atoms with Crippen molar-refractivity contribution in [2.24, 2.45) is 11.7 Å². The van der Waals surface area contributed by atoms with E-state index >= 15 is 0 Å². The summed E-state index contributed by atoms with van der Waals surface area (Å²) in [6, 6.07) is 0. The Morgan fingerprint density at radius 2 is 1.00 bits per heavy atom. The molecule has 0 saturated heterocycles. The van der Waals surface area contributed by atoms with Crippen LogP contribution in [0, 0.1) is 0 Å². The summed E-state index contributed by atoms with van der Waals surface area (Å²) in [4.78, 5) is 2.00. The average Bonchev–Trinajstić information content (AvgIpc) is 1.41. The molecular weight excluding hydrogens is 205 g/mol. The minimum Gasteiger partial charge on any atom is -0.312 e. The number of halogens is 1. The summed E-state index contributed by atoms with van der Waals surface area (Å²) in [5, 5.41) is 0. The van der Waals surface area contributed by atoms with E-state index < -0.39 is 0 Å². The summed E-state index contributed by atoms with van der Waals surface area (Å²) >= 11 is 0. The molecule has 0 atom stereocenters. The van der Waals surface area contributed by atoms with E-state index in [4.69, 9.17) is 0 Å². The predicted molar refractivity (Wildman–Crippen MR) is 43.4 cm³/mol. The molecule has 4 heteroatoms. The summed E-state index contributed by atoms with van der Waals surface area (Å²) in [5.41, 5.74) is 0. The first-order chi connectivity index (χ1) is 2.73. The van der Waals surface area contributed by atoms with Gasteiger partial charge in [-0.3, -0.25) is 11.7 Å². The summed E-state index contributed by atoms with van der Waals surface area (Å²) in [7, 11) is 6.00. The Balaban J connectivity index is -0.0000000480. The van der Waals surface area contributed by atoms with Crippen molar-refractivity contribution >= 4 is 24.0 Å². The van der Waals surface area contributed by atoms with E-state index in [9.17, 15) is 0 Å². The monoisotopic (exact) mass is 219 g/mol. The molecule has 4 N–H and O–H groups in total. The Morgan fingerprint density at radius 1 is 1.00 bits per heavy atom. The zero-order valence-corrected chi connectivity index (χ0v) is 7.34. The molecule has 0 spiro atoms. The van der Waals surface area contributed by atoms with Crippen LogP contribution in [-0.4, -0.2) is 26.0 Å². The van der Waals surface area contributed by atoms with Crippen molar-refractivity contribution in [3.63, 3.8) is 0 Å². The van der Waals surface area contributed by atoms with Crippen molar-refractivity contribution in [3.8, 4) is 0 Å². The summed E-state index contributed by atoms with van der Waals surface area (Å²) in [6.07, 6.45) is 0. The van der Waals surface area contributed by atoms with Gasteiger partial charge in [-0.2, -0.15) is 0 Å². The first-order valence-corrected chi connectivity index (χ1v) is 1.67. The minimum atomic E-state index is 0. The van der Waals surface area contributed by atoms with Gasteiger partial charge < -0.3 is 4.90 Å². The Kier molecular flexibility index (Phi) is 35.7. The first-order valence-electron chi connectivity index (χ1n) is 1.67. The molecule has 0 aliphatic heterocycles. The number of nitrogens with zero attached hydrogens (tertiary/aromatic N) is 1. The molecule has 48 valence electrons. The summed E-state index contributed by atoms with van der Waals surface area (Å²) in [6.45, 7) is 0. The van der Waals surface area contributed by atoms with Gasteiger partial charge in [-0.25, -0.2) is 0 Å². The van der Waals surface area contributed by atoms with Crippen LogP contribution in [0.4, 0.5) is 0 Å². The molecule has 0 aromatic rings. The molecule has 0 aliphatic rings. The van der Waals surface area contributed by atoms with Crippen molar-refractivity contribution in [3.05, 3.63) is 0 Å². The van der Waals surface area contributed by atoms with Gasteiger partial charge in [-0.15, -0.1) is 24.0 Å². The third-order valence-electron chi connectivity index (χ3n) is 0. The Labute approximate surface area is 62.0 Å². The smallest absolute Gasteiger partial charge is 0.0140 e. The van der Waals surface area contributed by atoms with Gasteiger partial charge in [0.05, 0.1) is 0 Å². The van der Waals surface area contributed by atoms with E-state index in [0.717, 1.165) is 0 Å². The van der Waals surface area contributed by atoms with Gasteiger partial charge in [0.15, 0.2) is 0 Å². The highest BCUT2D eigenvalue weighted by molar-refractivity contribution is 14.0. The fourth-order valence-electron chi connectivity index (χ4n) is 0. The van der Waals surface area contributed by atoms with Crippen LogP contribution in [0.1, 0.15) is 0 Å². The lowest BCUT2D eigenvalue weighted by Crippen LogP contribution is -2.02. The van der Waals surface area contributed by atoms with Gasteiger partial charge in [0.25, 0.3) is 0 Å². The predicted octanol–water partition coefficient (Wildman–Crippen LogP) is -0.385. The van der Waals surface area contributed by atoms with Gasteiger partial charge in [-0.1, -0.05) is 0 Å². The molecule has 0 heterocycles. The molecule has 0 bridgehead atoms. The molecule has 7 heavy (non-hydrogen) atoms. The second-order valence-electron chi connectivity index (χ2n) is 1.34. The van der Waals surface area contributed by atoms with E-state index in [-0.39, 0.29) is 24.0 Å². The first kappa shape index (κ1) is 15.6. The summed E-state index contributed by atoms with van der Waals surface area (Å²) < 4.78 is 0. The van der Waals surface area contributed by atoms with Gasteiger partial charge >= 0.3 is 0 Å². The zero-order chi connectivity index (χ0) is 5.58. The van der Waals surface area contributed by atoms with Crippen molar-refractivity contribution < 1.29 is 0 Å². The lowest BCUT2D eigenvalue weighted by atomic mass is 11.0. The standard InChI is InChI=1S/C3H9N.HI.H4N2/c1-4(2)3;;1-2/h1-3H3;1H;1-2H2. The van der Waals surface area contributed by atoms with Crippen LogP contribution in [0.3, 0.4) is 0 Å². The second-order valence-corrected chi connectivity index (χ2v) is 1.34. The highest BCUT2D eigenvalue weighted by Crippen LogP contribution is 1.47. The van der Waals surface area contributed by atoms with Gasteiger partial charge in [0, 0.05) is 0 Å². The van der Waals surface area contributed by atoms with Crippen molar-refractivity contribution in [1.29, 1.82) is 0 Å². The maximum absolute atomic E-state index is 4.00. The number of rotatable bonds is 0. The number of hydrogen-bond donors (Lipinski definition) is 2. The Hall–Kier alpha value is 0.610. The van der Waals surface area contributed by atoms with Crippen molar-refractivity contribution in [1.82, 2.24) is 4.90 Å². The minimum absolute atomic E-state index is 0. The van der Waals surface area contributed by atoms with E-state index in [2.05, 4.69) is 11.7 Å². The van der Waals surface area contributed by atoms with E-state index in [1.165, 1.54) is 0 Å². The van der Waals surface area contributed by atoms with Gasteiger partial charge in [0.1, 0.15) is 0 Å². The molecule has 0 rings (SSSR count). The lowest BCUT2D eigenvalue weighted by molar-refractivity contribution is 0.505. The molecule has 0 aromatic heterocycles. The fraction of sp³-hybridized carbons (Fsp3) is 1.00. The van der Waals surface area contributed by atoms with Crippen LogP contribution >= 0.6 is 24.0 Å². The fourth-order valence-corrected chi connectivity index (χ4v) is 0. The quantitative estimate of drug-likeness (QED) is 0.331. The van der Waals surface area contributed by atoms with Crippen LogP contribution in [0.15, 0.2) is 0 Å². The normalized spacial score (nSPS) is 6.00. The molecule has 0 amide bonds. The van der Waals surface area contributed by atoms with E-state index in [1.54, 1.807) is 0 Å². The van der Waals surface area contributed by atoms with Crippen LogP contribution in [0.25, 0.3) is 0 Å². The number of nitrogens with two attached hydrogens (primary N) is 2. The van der Waals surface area contributed by atoms with E-state index in [0.29, 0.717) is 0 Å². The Bertz CT molecular complexity index is 14.9. The lowest BCUT2D eigenvalue weighted by Gasteiger charge is -1.90. The van der Waals surface area contributed by atoms with Crippen LogP contribution in [0.2, 0.25) is 0 Å². The molecule has 0 aromatic carbocycles. The third-order valence-corrected chi connectivity index (χ3v) is 0. The maximum atomic E-state index is 4.00. The molecule has 0 saturated carbocycles. The molecule has 0 aliphatic carbocycles. The largest absolute Gasteiger partial charge is 0.312 e. The van der Waals surface area contributed by atoms with Gasteiger partial charge in [0.2, 0.25) is 0 Å². The second kappa shape index (κ2) is 16.0. The molecular formula is C3H14IN3. The average molecular weight is 219 g/mol. The highest BCUT2D eigenvalue weighted by atomic mass is 127. The highest BCUT2D eigenvalue weighted by Gasteiger charge is 1.58. The molecule has 3 nitrogen and oxygen atoms in total. The zero-order valence-electron chi connectivity index (χ0n) is 5.01. The van der Waals surface area contributed by atoms with Crippen LogP contribution < -0.4 is 11.7 Å². The topological polar surface area (TPSA) is 55.3 Å². The van der Waals surface area contributed by atoms with Crippen molar-refractivity contribution in [2.75, 3.05) is 21.1 Å². The summed E-state index contributed by atoms with van der Waals surface area (Å²) in [5.74, 6) is 8.00.